The molecule has 0 aliphatic heterocycles. The summed E-state index contributed by atoms with van der Waals surface area (Å²) in [7, 11) is 1.61. The van der Waals surface area contributed by atoms with Gasteiger partial charge in [-0.05, 0) is 104 Å². The number of benzene rings is 2. The number of halogens is 1. The van der Waals surface area contributed by atoms with Gasteiger partial charge in [0.1, 0.15) is 17.3 Å². The molecule has 2 saturated carbocycles. The van der Waals surface area contributed by atoms with E-state index in [1.54, 1.807) is 13.2 Å². The Morgan fingerprint density at radius 3 is 2.47 bits per heavy atom. The summed E-state index contributed by atoms with van der Waals surface area (Å²) in [5, 5.41) is 9.52. The smallest absolute Gasteiger partial charge is 0.306 e. The van der Waals surface area contributed by atoms with Crippen LogP contribution in [0.4, 0.5) is 4.39 Å². The van der Waals surface area contributed by atoms with Gasteiger partial charge in [0, 0.05) is 0 Å². The third kappa shape index (κ3) is 5.25. The number of ether oxygens (including phenoxy) is 2. The quantitative estimate of drug-likeness (QED) is 0.490. The van der Waals surface area contributed by atoms with Gasteiger partial charge in [0.05, 0.1) is 19.6 Å². The van der Waals surface area contributed by atoms with E-state index in [-0.39, 0.29) is 17.7 Å². The maximum absolute atomic E-state index is 14.3. The van der Waals surface area contributed by atoms with E-state index in [1.807, 2.05) is 37.3 Å². The molecule has 4 rings (SSSR count). The zero-order chi connectivity index (χ0) is 22.7. The van der Waals surface area contributed by atoms with Gasteiger partial charge in [0.2, 0.25) is 0 Å². The van der Waals surface area contributed by atoms with Crippen molar-refractivity contribution in [3.8, 4) is 11.5 Å². The molecule has 0 spiro atoms. The number of aliphatic carboxylic acids is 1. The average molecular weight is 441 g/mol. The summed E-state index contributed by atoms with van der Waals surface area (Å²) in [6, 6.07) is 13.0. The summed E-state index contributed by atoms with van der Waals surface area (Å²) in [6.07, 6.45) is 6.09. The molecular formula is C27H33FO4. The fourth-order valence-electron chi connectivity index (χ4n) is 5.21. The molecule has 0 aromatic heterocycles. The lowest BCUT2D eigenvalue weighted by Crippen LogP contribution is -2.21. The predicted octanol–water partition coefficient (Wildman–Crippen LogP) is 6.40. The Kier molecular flexibility index (Phi) is 7.02. The summed E-state index contributed by atoms with van der Waals surface area (Å²) in [5.74, 6) is 1.40. The zero-order valence-electron chi connectivity index (χ0n) is 18.9. The Bertz CT molecular complexity index is 931. The molecule has 2 aromatic rings. The van der Waals surface area contributed by atoms with Gasteiger partial charge in [0.15, 0.2) is 0 Å². The molecule has 0 radical (unpaired) electrons. The second kappa shape index (κ2) is 9.93. The molecule has 2 aromatic carbocycles. The first-order valence-electron chi connectivity index (χ1n) is 11.7. The van der Waals surface area contributed by atoms with Crippen molar-refractivity contribution in [3.63, 3.8) is 0 Å². The van der Waals surface area contributed by atoms with E-state index in [1.165, 1.54) is 6.07 Å². The van der Waals surface area contributed by atoms with Crippen molar-refractivity contribution in [2.45, 2.75) is 57.3 Å². The van der Waals surface area contributed by atoms with Crippen molar-refractivity contribution in [1.82, 2.24) is 0 Å². The van der Waals surface area contributed by atoms with Crippen LogP contribution < -0.4 is 9.47 Å². The molecule has 32 heavy (non-hydrogen) atoms. The summed E-state index contributed by atoms with van der Waals surface area (Å²) >= 11 is 0. The molecule has 4 nitrogen and oxygen atoms in total. The molecule has 0 heterocycles. The van der Waals surface area contributed by atoms with E-state index < -0.39 is 11.9 Å². The van der Waals surface area contributed by atoms with Crippen LogP contribution >= 0.6 is 0 Å². The third-order valence-electron chi connectivity index (χ3n) is 7.28. The van der Waals surface area contributed by atoms with Gasteiger partial charge in [-0.3, -0.25) is 4.79 Å². The molecule has 1 unspecified atom stereocenters. The first kappa shape index (κ1) is 22.6. The monoisotopic (exact) mass is 440 g/mol. The summed E-state index contributed by atoms with van der Waals surface area (Å²) in [6.45, 7) is 2.45. The van der Waals surface area contributed by atoms with Crippen LogP contribution in [-0.4, -0.2) is 24.8 Å². The molecule has 0 bridgehead atoms. The summed E-state index contributed by atoms with van der Waals surface area (Å²) in [5.41, 5.74) is 1.83. The van der Waals surface area contributed by atoms with Crippen LogP contribution in [0, 0.1) is 23.6 Å². The first-order chi connectivity index (χ1) is 15.5. The van der Waals surface area contributed by atoms with E-state index >= 15 is 0 Å². The Hall–Kier alpha value is -2.56. The van der Waals surface area contributed by atoms with Crippen molar-refractivity contribution in [1.29, 1.82) is 0 Å². The number of carbonyl (C=O) groups is 1. The Balaban J connectivity index is 1.33. The minimum atomic E-state index is -0.738. The Morgan fingerprint density at radius 1 is 1.06 bits per heavy atom. The number of hydrogen-bond donors (Lipinski definition) is 1. The largest absolute Gasteiger partial charge is 0.497 e. The van der Waals surface area contributed by atoms with Crippen LogP contribution in [0.5, 0.6) is 11.5 Å². The minimum absolute atomic E-state index is 0.0456. The van der Waals surface area contributed by atoms with Crippen molar-refractivity contribution in [2.75, 3.05) is 13.7 Å². The van der Waals surface area contributed by atoms with Crippen LogP contribution in [0.15, 0.2) is 42.5 Å². The lowest BCUT2D eigenvalue weighted by molar-refractivity contribution is -0.142. The van der Waals surface area contributed by atoms with Gasteiger partial charge in [-0.25, -0.2) is 4.39 Å². The van der Waals surface area contributed by atoms with Gasteiger partial charge in [-0.2, -0.15) is 0 Å². The molecule has 1 N–H and O–H groups in total. The van der Waals surface area contributed by atoms with Crippen molar-refractivity contribution >= 4 is 5.97 Å². The first-order valence-corrected chi connectivity index (χ1v) is 11.7. The van der Waals surface area contributed by atoms with Crippen LogP contribution in [0.2, 0.25) is 0 Å². The predicted molar refractivity (Wildman–Crippen MR) is 122 cm³/mol. The highest BCUT2D eigenvalue weighted by Crippen LogP contribution is 2.47. The number of rotatable bonds is 9. The second-order valence-electron chi connectivity index (χ2n) is 9.48. The SMILES string of the molecule is COc1ccc(F)c([C@H]2CC[C@H](COc3cccc(C(C4CC4)[C@H](C)C(=O)O)c3)CC2)c1. The van der Waals surface area contributed by atoms with Crippen LogP contribution in [0.1, 0.15) is 68.4 Å². The van der Waals surface area contributed by atoms with Gasteiger partial charge < -0.3 is 14.6 Å². The highest BCUT2D eigenvalue weighted by molar-refractivity contribution is 5.71. The topological polar surface area (TPSA) is 55.8 Å². The number of methoxy groups -OCH3 is 1. The number of hydrogen-bond acceptors (Lipinski definition) is 3. The van der Waals surface area contributed by atoms with E-state index in [0.717, 1.165) is 55.4 Å². The molecule has 2 fully saturated rings. The zero-order valence-corrected chi connectivity index (χ0v) is 18.9. The summed E-state index contributed by atoms with van der Waals surface area (Å²) in [4.78, 5) is 11.6. The summed E-state index contributed by atoms with van der Waals surface area (Å²) < 4.78 is 25.7. The van der Waals surface area contributed by atoms with Gasteiger partial charge in [-0.1, -0.05) is 19.1 Å². The maximum Gasteiger partial charge on any atom is 0.306 e. The molecule has 2 aliphatic carbocycles. The van der Waals surface area contributed by atoms with Gasteiger partial charge >= 0.3 is 5.97 Å². The van der Waals surface area contributed by atoms with E-state index in [0.29, 0.717) is 24.2 Å². The van der Waals surface area contributed by atoms with Crippen LogP contribution in [0.25, 0.3) is 0 Å². The van der Waals surface area contributed by atoms with Crippen LogP contribution in [0.3, 0.4) is 0 Å². The van der Waals surface area contributed by atoms with Gasteiger partial charge in [0.25, 0.3) is 0 Å². The van der Waals surface area contributed by atoms with E-state index in [4.69, 9.17) is 9.47 Å². The van der Waals surface area contributed by atoms with Crippen molar-refractivity contribution in [2.24, 2.45) is 17.8 Å². The fraction of sp³-hybridized carbons (Fsp3) is 0.519. The van der Waals surface area contributed by atoms with Gasteiger partial charge in [-0.15, -0.1) is 0 Å². The highest BCUT2D eigenvalue weighted by Gasteiger charge is 2.38. The number of carboxylic acid groups (broad SMARTS) is 1. The molecular weight excluding hydrogens is 407 g/mol. The normalized spacial score (nSPS) is 22.7. The van der Waals surface area contributed by atoms with Crippen LogP contribution in [-0.2, 0) is 4.79 Å². The van der Waals surface area contributed by atoms with Crippen molar-refractivity contribution in [3.05, 3.63) is 59.4 Å². The minimum Gasteiger partial charge on any atom is -0.497 e. The lowest BCUT2D eigenvalue weighted by atomic mass is 9.79. The Morgan fingerprint density at radius 2 is 1.81 bits per heavy atom. The van der Waals surface area contributed by atoms with E-state index in [9.17, 15) is 14.3 Å². The number of carboxylic acids is 1. The molecule has 2 aliphatic rings. The van der Waals surface area contributed by atoms with E-state index in [2.05, 4.69) is 0 Å². The van der Waals surface area contributed by atoms with Crippen molar-refractivity contribution < 1.29 is 23.8 Å². The molecule has 0 saturated heterocycles. The molecule has 5 heteroatoms. The molecule has 2 atom stereocenters. The highest BCUT2D eigenvalue weighted by atomic mass is 19.1. The third-order valence-corrected chi connectivity index (χ3v) is 7.28. The Labute approximate surface area is 189 Å². The fourth-order valence-corrected chi connectivity index (χ4v) is 5.21. The molecule has 172 valence electrons. The second-order valence-corrected chi connectivity index (χ2v) is 9.48. The average Bonchev–Trinajstić information content (AvgIpc) is 3.64. The lowest BCUT2D eigenvalue weighted by Gasteiger charge is -2.29. The molecule has 0 amide bonds. The maximum atomic E-state index is 14.3. The standard InChI is InChI=1S/C27H33FO4/c1-17(27(29)30)26(20-10-11-20)21-4-3-5-23(14-21)32-16-18-6-8-19(9-7-18)24-15-22(31-2)12-13-25(24)28/h3-5,12-15,17-20,26H,6-11,16H2,1-2H3,(H,29,30)/t17-,18-,19-,26?/m0/s1.